The molecule has 0 saturated heterocycles. The van der Waals surface area contributed by atoms with Crippen LogP contribution in [0.5, 0.6) is 5.75 Å². The minimum Gasteiger partial charge on any atom is -0.495 e. The third kappa shape index (κ3) is 5.14. The molecule has 146 valence electrons. The number of anilines is 1. The molecule has 0 aliphatic heterocycles. The first-order chi connectivity index (χ1) is 12.6. The van der Waals surface area contributed by atoms with E-state index in [9.17, 15) is 13.2 Å². The van der Waals surface area contributed by atoms with Gasteiger partial charge in [0.05, 0.1) is 30.1 Å². The molecule has 0 aliphatic rings. The second-order valence-corrected chi connectivity index (χ2v) is 8.46. The molecule has 0 aliphatic carbocycles. The van der Waals surface area contributed by atoms with E-state index >= 15 is 0 Å². The Balaban J connectivity index is 2.28. The highest BCUT2D eigenvalue weighted by Crippen LogP contribution is 2.31. The molecule has 0 spiro atoms. The van der Waals surface area contributed by atoms with Crippen LogP contribution in [0.4, 0.5) is 5.69 Å². The van der Waals surface area contributed by atoms with Gasteiger partial charge in [-0.1, -0.05) is 41.9 Å². The topological polar surface area (TPSA) is 75.7 Å². The number of halogens is 1. The normalized spacial score (nSPS) is 13.5. The Bertz CT molecular complexity index is 903. The fourth-order valence-corrected chi connectivity index (χ4v) is 4.18. The average molecular weight is 411 g/mol. The van der Waals surface area contributed by atoms with Crippen LogP contribution in [0.2, 0.25) is 5.02 Å². The number of rotatable bonds is 7. The van der Waals surface area contributed by atoms with Gasteiger partial charge in [-0.15, -0.1) is 0 Å². The summed E-state index contributed by atoms with van der Waals surface area (Å²) in [6.45, 7) is 3.38. The van der Waals surface area contributed by atoms with Crippen molar-refractivity contribution in [2.45, 2.75) is 25.9 Å². The zero-order valence-electron chi connectivity index (χ0n) is 15.6. The van der Waals surface area contributed by atoms with Crippen molar-refractivity contribution in [1.29, 1.82) is 0 Å². The van der Waals surface area contributed by atoms with Gasteiger partial charge >= 0.3 is 0 Å². The van der Waals surface area contributed by atoms with Crippen LogP contribution >= 0.6 is 11.6 Å². The molecule has 1 amide bonds. The summed E-state index contributed by atoms with van der Waals surface area (Å²) in [5, 5.41) is 3.11. The van der Waals surface area contributed by atoms with Gasteiger partial charge in [0, 0.05) is 0 Å². The molecule has 27 heavy (non-hydrogen) atoms. The Morgan fingerprint density at radius 3 is 2.30 bits per heavy atom. The predicted octanol–water partition coefficient (Wildman–Crippen LogP) is 3.38. The van der Waals surface area contributed by atoms with Gasteiger partial charge < -0.3 is 10.1 Å². The van der Waals surface area contributed by atoms with Gasteiger partial charge in [-0.05, 0) is 37.6 Å². The van der Waals surface area contributed by atoms with Gasteiger partial charge in [0.25, 0.3) is 0 Å². The highest BCUT2D eigenvalue weighted by Gasteiger charge is 2.30. The first kappa shape index (κ1) is 21.1. The molecule has 0 heterocycles. The Kier molecular flexibility index (Phi) is 6.73. The zero-order valence-corrected chi connectivity index (χ0v) is 17.2. The van der Waals surface area contributed by atoms with Crippen LogP contribution in [0, 0.1) is 0 Å². The fraction of sp³-hybridized carbons (Fsp3) is 0.316. The van der Waals surface area contributed by atoms with E-state index in [1.807, 2.05) is 37.3 Å². The molecule has 8 heteroatoms. The van der Waals surface area contributed by atoms with E-state index in [0.717, 1.165) is 16.1 Å². The van der Waals surface area contributed by atoms with Crippen molar-refractivity contribution in [3.8, 4) is 5.75 Å². The molecule has 0 aromatic heterocycles. The second kappa shape index (κ2) is 8.63. The Morgan fingerprint density at radius 1 is 1.15 bits per heavy atom. The van der Waals surface area contributed by atoms with Gasteiger partial charge in [-0.25, -0.2) is 8.42 Å². The van der Waals surface area contributed by atoms with Crippen LogP contribution in [0.15, 0.2) is 48.5 Å². The molecule has 0 saturated carbocycles. The van der Waals surface area contributed by atoms with E-state index in [4.69, 9.17) is 16.3 Å². The van der Waals surface area contributed by atoms with Gasteiger partial charge in [0.15, 0.2) is 0 Å². The van der Waals surface area contributed by atoms with E-state index in [1.165, 1.54) is 20.1 Å². The molecular weight excluding hydrogens is 388 g/mol. The Morgan fingerprint density at radius 2 is 1.78 bits per heavy atom. The van der Waals surface area contributed by atoms with E-state index in [2.05, 4.69) is 5.32 Å². The van der Waals surface area contributed by atoms with E-state index < -0.39 is 22.0 Å². The summed E-state index contributed by atoms with van der Waals surface area (Å²) in [4.78, 5) is 12.7. The van der Waals surface area contributed by atoms with Crippen molar-refractivity contribution >= 4 is 33.2 Å². The summed E-state index contributed by atoms with van der Waals surface area (Å²) in [5.74, 6) is 0.00684. The van der Waals surface area contributed by atoms with Crippen LogP contribution in [0.3, 0.4) is 0 Å². The molecule has 2 atom stereocenters. The Hall–Kier alpha value is -2.25. The van der Waals surface area contributed by atoms with Crippen molar-refractivity contribution in [2.24, 2.45) is 0 Å². The van der Waals surface area contributed by atoms with Crippen molar-refractivity contribution in [2.75, 3.05) is 17.7 Å². The maximum atomic E-state index is 12.7. The molecule has 2 rings (SSSR count). The van der Waals surface area contributed by atoms with E-state index in [-0.39, 0.29) is 11.1 Å². The number of nitrogens with one attached hydrogen (secondary N) is 1. The van der Waals surface area contributed by atoms with Crippen LogP contribution < -0.4 is 14.4 Å². The third-order valence-electron chi connectivity index (χ3n) is 4.14. The van der Waals surface area contributed by atoms with Gasteiger partial charge in [-0.3, -0.25) is 9.10 Å². The number of benzene rings is 2. The number of amides is 1. The largest absolute Gasteiger partial charge is 0.495 e. The minimum absolute atomic E-state index is 0.258. The minimum atomic E-state index is -3.73. The first-order valence-electron chi connectivity index (χ1n) is 8.33. The summed E-state index contributed by atoms with van der Waals surface area (Å²) in [5.41, 5.74) is 1.22. The smallest absolute Gasteiger partial charge is 0.244 e. The summed E-state index contributed by atoms with van der Waals surface area (Å²) in [7, 11) is -2.26. The fourth-order valence-electron chi connectivity index (χ4n) is 2.76. The highest BCUT2D eigenvalue weighted by atomic mass is 35.5. The number of ether oxygens (including phenoxy) is 1. The van der Waals surface area contributed by atoms with Crippen LogP contribution in [-0.2, 0) is 14.8 Å². The summed E-state index contributed by atoms with van der Waals surface area (Å²) in [6.07, 6.45) is 1.05. The van der Waals surface area contributed by atoms with Gasteiger partial charge in [0.1, 0.15) is 11.8 Å². The number of hydrogen-bond donors (Lipinski definition) is 1. The monoisotopic (exact) mass is 410 g/mol. The molecular formula is C19H23ClN2O4S. The average Bonchev–Trinajstić information content (AvgIpc) is 2.61. The van der Waals surface area contributed by atoms with E-state index in [0.29, 0.717) is 11.4 Å². The van der Waals surface area contributed by atoms with Crippen molar-refractivity contribution < 1.29 is 17.9 Å². The van der Waals surface area contributed by atoms with E-state index in [1.54, 1.807) is 12.1 Å². The Labute approximate surface area is 165 Å². The predicted molar refractivity (Wildman–Crippen MR) is 108 cm³/mol. The van der Waals surface area contributed by atoms with Crippen molar-refractivity contribution in [3.05, 3.63) is 59.1 Å². The van der Waals surface area contributed by atoms with Crippen LogP contribution in [0.1, 0.15) is 25.5 Å². The SMILES string of the molecule is COc1ccc(N([C@@H](C)C(=O)N[C@H](C)c2ccccc2)S(C)(=O)=O)cc1Cl. The summed E-state index contributed by atoms with van der Waals surface area (Å²) < 4.78 is 30.9. The number of hydrogen-bond acceptors (Lipinski definition) is 4. The zero-order chi connectivity index (χ0) is 20.2. The quantitative estimate of drug-likeness (QED) is 0.759. The lowest BCUT2D eigenvalue weighted by Crippen LogP contribution is -2.48. The number of sulfonamides is 1. The molecule has 0 unspecified atom stereocenters. The van der Waals surface area contributed by atoms with Gasteiger partial charge in [0.2, 0.25) is 15.9 Å². The lowest BCUT2D eigenvalue weighted by molar-refractivity contribution is -0.122. The molecule has 1 N–H and O–H groups in total. The molecule has 0 radical (unpaired) electrons. The maximum absolute atomic E-state index is 12.7. The van der Waals surface area contributed by atoms with Crippen LogP contribution in [0.25, 0.3) is 0 Å². The number of carbonyl (C=O) groups excluding carboxylic acids is 1. The summed E-state index contributed by atoms with van der Waals surface area (Å²) in [6, 6.07) is 12.8. The number of carbonyl (C=O) groups is 1. The number of methoxy groups -OCH3 is 1. The lowest BCUT2D eigenvalue weighted by Gasteiger charge is -2.29. The lowest BCUT2D eigenvalue weighted by atomic mass is 10.1. The molecule has 0 fully saturated rings. The number of nitrogens with zero attached hydrogens (tertiary/aromatic N) is 1. The van der Waals surface area contributed by atoms with Crippen LogP contribution in [-0.4, -0.2) is 33.7 Å². The molecule has 0 bridgehead atoms. The van der Waals surface area contributed by atoms with Gasteiger partial charge in [-0.2, -0.15) is 0 Å². The second-order valence-electron chi connectivity index (χ2n) is 6.19. The van der Waals surface area contributed by atoms with Crippen molar-refractivity contribution in [1.82, 2.24) is 5.32 Å². The van der Waals surface area contributed by atoms with Crippen molar-refractivity contribution in [3.63, 3.8) is 0 Å². The molecule has 6 nitrogen and oxygen atoms in total. The maximum Gasteiger partial charge on any atom is 0.244 e. The standard InChI is InChI=1S/C19H23ClN2O4S/c1-13(15-8-6-5-7-9-15)21-19(23)14(2)22(27(4,24)25)16-10-11-18(26-3)17(20)12-16/h5-14H,1-4H3,(H,21,23)/t13-,14+/m1/s1. The molecule has 2 aromatic carbocycles. The third-order valence-corrected chi connectivity index (χ3v) is 5.67. The summed E-state index contributed by atoms with van der Waals surface area (Å²) >= 11 is 6.13. The highest BCUT2D eigenvalue weighted by molar-refractivity contribution is 7.92. The first-order valence-corrected chi connectivity index (χ1v) is 10.6. The molecule has 2 aromatic rings.